The summed E-state index contributed by atoms with van der Waals surface area (Å²) in [6, 6.07) is 9.93. The minimum Gasteiger partial charge on any atom is -0.490 e. The van der Waals surface area contributed by atoms with Crippen molar-refractivity contribution in [1.29, 1.82) is 0 Å². The molecule has 0 amide bonds. The smallest absolute Gasteiger partial charge is 0.183 e. The SMILES string of the molecule is [B]N1CCC[C@H]1COc1cncc(N2CCC(CCOCc3ccc(CF)cc3)CC2)c1. The summed E-state index contributed by atoms with van der Waals surface area (Å²) in [6.45, 7) is 4.55. The summed E-state index contributed by atoms with van der Waals surface area (Å²) in [5.74, 6) is 1.50. The summed E-state index contributed by atoms with van der Waals surface area (Å²) >= 11 is 0. The molecule has 32 heavy (non-hydrogen) atoms. The minimum atomic E-state index is -0.416. The van der Waals surface area contributed by atoms with Crippen LogP contribution >= 0.6 is 0 Å². The van der Waals surface area contributed by atoms with Gasteiger partial charge in [-0.15, -0.1) is 0 Å². The molecule has 1 atom stereocenters. The molecule has 0 unspecified atom stereocenters. The largest absolute Gasteiger partial charge is 0.490 e. The van der Waals surface area contributed by atoms with Crippen LogP contribution in [0.2, 0.25) is 0 Å². The number of hydrogen-bond acceptors (Lipinski definition) is 5. The molecule has 3 heterocycles. The van der Waals surface area contributed by atoms with E-state index in [1.807, 2.05) is 35.3 Å². The number of rotatable bonds is 10. The zero-order chi connectivity index (χ0) is 22.2. The summed E-state index contributed by atoms with van der Waals surface area (Å²) in [5.41, 5.74) is 2.94. The molecule has 0 spiro atoms. The van der Waals surface area contributed by atoms with Crippen LogP contribution in [0.15, 0.2) is 42.7 Å². The van der Waals surface area contributed by atoms with Gasteiger partial charge in [-0.1, -0.05) is 24.3 Å². The van der Waals surface area contributed by atoms with Crippen LogP contribution in [0.5, 0.6) is 5.75 Å². The van der Waals surface area contributed by atoms with Crippen LogP contribution < -0.4 is 9.64 Å². The lowest BCUT2D eigenvalue weighted by molar-refractivity contribution is 0.104. The molecule has 2 radical (unpaired) electrons. The molecule has 2 aromatic rings. The Morgan fingerprint density at radius 1 is 1.03 bits per heavy atom. The highest BCUT2D eigenvalue weighted by Crippen LogP contribution is 2.27. The maximum Gasteiger partial charge on any atom is 0.183 e. The van der Waals surface area contributed by atoms with Crippen LogP contribution in [0, 0.1) is 5.92 Å². The highest BCUT2D eigenvalue weighted by Gasteiger charge is 2.22. The maximum absolute atomic E-state index is 12.6. The summed E-state index contributed by atoms with van der Waals surface area (Å²) in [5, 5.41) is 0. The molecule has 0 bridgehead atoms. The first-order valence-corrected chi connectivity index (χ1v) is 11.8. The van der Waals surface area contributed by atoms with Gasteiger partial charge >= 0.3 is 0 Å². The van der Waals surface area contributed by atoms with E-state index in [0.717, 1.165) is 75.3 Å². The van der Waals surface area contributed by atoms with E-state index in [4.69, 9.17) is 17.5 Å². The second-order valence-electron chi connectivity index (χ2n) is 8.95. The molecule has 7 heteroatoms. The second kappa shape index (κ2) is 11.7. The Morgan fingerprint density at radius 2 is 1.81 bits per heavy atom. The molecule has 2 aliphatic heterocycles. The Kier molecular flexibility index (Phi) is 8.40. The fraction of sp³-hybridized carbons (Fsp3) is 0.560. The number of hydrogen-bond donors (Lipinski definition) is 0. The summed E-state index contributed by atoms with van der Waals surface area (Å²) < 4.78 is 24.4. The van der Waals surface area contributed by atoms with Crippen molar-refractivity contribution in [3.63, 3.8) is 0 Å². The number of nitrogens with zero attached hydrogens (tertiary/aromatic N) is 3. The summed E-state index contributed by atoms with van der Waals surface area (Å²) in [4.78, 5) is 8.67. The van der Waals surface area contributed by atoms with E-state index in [1.165, 1.54) is 0 Å². The predicted octanol–water partition coefficient (Wildman–Crippen LogP) is 4.30. The van der Waals surface area contributed by atoms with E-state index in [9.17, 15) is 4.39 Å². The second-order valence-corrected chi connectivity index (χ2v) is 8.95. The van der Waals surface area contributed by atoms with Crippen molar-refractivity contribution >= 4 is 13.7 Å². The molecule has 0 N–H and O–H groups in total. The third-order valence-corrected chi connectivity index (χ3v) is 6.66. The van der Waals surface area contributed by atoms with Crippen LogP contribution in [-0.2, 0) is 18.0 Å². The third-order valence-electron chi connectivity index (χ3n) is 6.66. The number of anilines is 1. The van der Waals surface area contributed by atoms with E-state index in [2.05, 4.69) is 16.0 Å². The van der Waals surface area contributed by atoms with Gasteiger partial charge in [0.1, 0.15) is 19.0 Å². The van der Waals surface area contributed by atoms with Gasteiger partial charge in [0.25, 0.3) is 0 Å². The quantitative estimate of drug-likeness (QED) is 0.409. The van der Waals surface area contributed by atoms with Gasteiger partial charge < -0.3 is 19.2 Å². The molecular formula is C25H33BFN3O2. The number of benzene rings is 1. The molecule has 2 saturated heterocycles. The third kappa shape index (κ3) is 6.45. The van der Waals surface area contributed by atoms with Gasteiger partial charge in [0, 0.05) is 31.8 Å². The van der Waals surface area contributed by atoms with Crippen LogP contribution in [0.4, 0.5) is 10.1 Å². The molecule has 4 rings (SSSR count). The molecule has 2 aliphatic rings. The summed E-state index contributed by atoms with van der Waals surface area (Å²) in [6.07, 6.45) is 9.33. The topological polar surface area (TPSA) is 37.8 Å². The Hall–Kier alpha value is -2.12. The molecule has 170 valence electrons. The highest BCUT2D eigenvalue weighted by molar-refractivity contribution is 6.04. The van der Waals surface area contributed by atoms with Crippen LogP contribution in [0.1, 0.15) is 43.2 Å². The van der Waals surface area contributed by atoms with Crippen molar-refractivity contribution in [2.45, 2.75) is 51.4 Å². The van der Waals surface area contributed by atoms with Crippen LogP contribution in [0.25, 0.3) is 0 Å². The van der Waals surface area contributed by atoms with Gasteiger partial charge in [-0.2, -0.15) is 0 Å². The number of halogens is 1. The number of alkyl halides is 1. The minimum absolute atomic E-state index is 0.297. The number of pyridine rings is 1. The van der Waals surface area contributed by atoms with Crippen molar-refractivity contribution in [2.24, 2.45) is 5.92 Å². The average Bonchev–Trinajstić information content (AvgIpc) is 3.26. The fourth-order valence-electron chi connectivity index (χ4n) is 4.53. The standard InChI is InChI=1S/C25H33BFN3O2/c26-30-10-1-2-23(30)19-32-25-14-24(16-28-17-25)29-11-7-20(8-12-29)9-13-31-18-22-5-3-21(15-27)4-6-22/h3-6,14,16-17,20,23H,1-2,7-13,15,18-19H2/t23-/m0/s1. The zero-order valence-electron chi connectivity index (χ0n) is 18.8. The number of ether oxygens (including phenoxy) is 2. The normalized spacial score (nSPS) is 20.0. The van der Waals surface area contributed by atoms with Crippen LogP contribution in [0.3, 0.4) is 0 Å². The lowest BCUT2D eigenvalue weighted by Crippen LogP contribution is -2.34. The van der Waals surface area contributed by atoms with Gasteiger partial charge in [0.2, 0.25) is 0 Å². The van der Waals surface area contributed by atoms with Gasteiger partial charge in [-0.3, -0.25) is 4.98 Å². The maximum atomic E-state index is 12.6. The van der Waals surface area contributed by atoms with E-state index >= 15 is 0 Å². The lowest BCUT2D eigenvalue weighted by atomic mass is 9.94. The molecule has 2 fully saturated rings. The molecule has 1 aromatic carbocycles. The van der Waals surface area contributed by atoms with Crippen LogP contribution in [-0.4, -0.2) is 56.7 Å². The average molecular weight is 437 g/mol. The Bertz CT molecular complexity index is 830. The molecule has 1 aromatic heterocycles. The Labute approximate surface area is 192 Å². The van der Waals surface area contributed by atoms with E-state index in [-0.39, 0.29) is 0 Å². The predicted molar refractivity (Wildman–Crippen MR) is 126 cm³/mol. The van der Waals surface area contributed by atoms with Crippen molar-refractivity contribution in [1.82, 2.24) is 9.79 Å². The highest BCUT2D eigenvalue weighted by atomic mass is 19.1. The molecule has 0 aliphatic carbocycles. The molecule has 0 saturated carbocycles. The van der Waals surface area contributed by atoms with Gasteiger partial charge in [-0.25, -0.2) is 4.39 Å². The lowest BCUT2D eigenvalue weighted by Gasteiger charge is -2.33. The van der Waals surface area contributed by atoms with Gasteiger partial charge in [-0.05, 0) is 55.7 Å². The fourth-order valence-corrected chi connectivity index (χ4v) is 4.53. The van der Waals surface area contributed by atoms with Crippen molar-refractivity contribution in [3.05, 3.63) is 53.9 Å². The van der Waals surface area contributed by atoms with Crippen molar-refractivity contribution in [3.8, 4) is 5.75 Å². The summed E-state index contributed by atoms with van der Waals surface area (Å²) in [7, 11) is 5.99. The first-order chi connectivity index (χ1) is 15.7. The molecule has 5 nitrogen and oxygen atoms in total. The first-order valence-electron chi connectivity index (χ1n) is 11.8. The number of piperidine rings is 1. The monoisotopic (exact) mass is 437 g/mol. The molecular weight excluding hydrogens is 404 g/mol. The van der Waals surface area contributed by atoms with E-state index < -0.39 is 6.67 Å². The Morgan fingerprint density at radius 3 is 2.53 bits per heavy atom. The van der Waals surface area contributed by atoms with Crippen molar-refractivity contribution < 1.29 is 13.9 Å². The van der Waals surface area contributed by atoms with E-state index in [1.54, 1.807) is 6.20 Å². The van der Waals surface area contributed by atoms with Gasteiger partial charge in [0.15, 0.2) is 7.98 Å². The first kappa shape index (κ1) is 23.1. The van der Waals surface area contributed by atoms with Crippen molar-refractivity contribution in [2.75, 3.05) is 37.7 Å². The number of aromatic nitrogens is 1. The Balaban J connectivity index is 1.16. The zero-order valence-corrected chi connectivity index (χ0v) is 18.8. The van der Waals surface area contributed by atoms with Gasteiger partial charge in [0.05, 0.1) is 24.7 Å². The van der Waals surface area contributed by atoms with E-state index in [0.29, 0.717) is 30.7 Å².